The molecule has 0 aromatic heterocycles. The van der Waals surface area contributed by atoms with Crippen molar-refractivity contribution in [2.45, 2.75) is 13.3 Å². The third kappa shape index (κ3) is 6.51. The van der Waals surface area contributed by atoms with E-state index >= 15 is 0 Å². The Kier molecular flexibility index (Phi) is 7.25. The van der Waals surface area contributed by atoms with Gasteiger partial charge in [0.1, 0.15) is 18.1 Å². The Hall–Kier alpha value is -3.08. The second kappa shape index (κ2) is 9.93. The molecule has 1 amide bonds. The molecule has 130 valence electrons. The van der Waals surface area contributed by atoms with E-state index < -0.39 is 0 Å². The van der Waals surface area contributed by atoms with E-state index in [0.29, 0.717) is 18.1 Å². The number of nitrogens with one attached hydrogen (secondary N) is 1. The van der Waals surface area contributed by atoms with Crippen LogP contribution in [0.5, 0.6) is 11.5 Å². The van der Waals surface area contributed by atoms with E-state index in [-0.39, 0.29) is 12.5 Å². The summed E-state index contributed by atoms with van der Waals surface area (Å²) >= 11 is 0. The Labute approximate surface area is 148 Å². The first-order valence-electron chi connectivity index (χ1n) is 8.08. The van der Waals surface area contributed by atoms with Crippen molar-refractivity contribution in [3.8, 4) is 11.5 Å². The smallest absolute Gasteiger partial charge is 0.277 e. The van der Waals surface area contributed by atoms with Crippen LogP contribution in [0.15, 0.2) is 66.3 Å². The van der Waals surface area contributed by atoms with E-state index in [9.17, 15) is 4.79 Å². The van der Waals surface area contributed by atoms with Gasteiger partial charge in [-0.05, 0) is 41.8 Å². The SMILES string of the molecule is C=CCOc1cccc(/C=N\NC(=O)COc2ccc(CC)cc2)c1. The number of hydrogen-bond acceptors (Lipinski definition) is 4. The molecule has 0 heterocycles. The predicted octanol–water partition coefficient (Wildman–Crippen LogP) is 3.34. The van der Waals surface area contributed by atoms with Crippen LogP contribution < -0.4 is 14.9 Å². The molecule has 2 rings (SSSR count). The van der Waals surface area contributed by atoms with Gasteiger partial charge in [-0.25, -0.2) is 5.43 Å². The first-order chi connectivity index (χ1) is 12.2. The van der Waals surface area contributed by atoms with Crippen LogP contribution >= 0.6 is 0 Å². The Bertz CT molecular complexity index is 724. The second-order valence-corrected chi connectivity index (χ2v) is 5.25. The number of benzene rings is 2. The van der Waals surface area contributed by atoms with Crippen LogP contribution in [0.1, 0.15) is 18.1 Å². The van der Waals surface area contributed by atoms with E-state index in [0.717, 1.165) is 12.0 Å². The molecule has 0 aliphatic heterocycles. The molecule has 0 radical (unpaired) electrons. The van der Waals surface area contributed by atoms with Crippen LogP contribution in [0, 0.1) is 0 Å². The lowest BCUT2D eigenvalue weighted by molar-refractivity contribution is -0.123. The fourth-order valence-corrected chi connectivity index (χ4v) is 2.02. The van der Waals surface area contributed by atoms with Gasteiger partial charge in [0.2, 0.25) is 0 Å². The van der Waals surface area contributed by atoms with Crippen LogP contribution in [0.2, 0.25) is 0 Å². The number of aryl methyl sites for hydroxylation is 1. The quantitative estimate of drug-likeness (QED) is 0.433. The fraction of sp³-hybridized carbons (Fsp3) is 0.200. The molecule has 2 aromatic carbocycles. The van der Waals surface area contributed by atoms with Crippen molar-refractivity contribution in [3.05, 3.63) is 72.3 Å². The van der Waals surface area contributed by atoms with Gasteiger partial charge < -0.3 is 9.47 Å². The summed E-state index contributed by atoms with van der Waals surface area (Å²) in [6.45, 7) is 6.04. The number of ether oxygens (including phenoxy) is 2. The average Bonchev–Trinajstić information content (AvgIpc) is 2.65. The van der Waals surface area contributed by atoms with Crippen molar-refractivity contribution in [1.29, 1.82) is 0 Å². The van der Waals surface area contributed by atoms with E-state index in [1.54, 1.807) is 12.3 Å². The topological polar surface area (TPSA) is 59.9 Å². The highest BCUT2D eigenvalue weighted by Gasteiger charge is 2.01. The summed E-state index contributed by atoms with van der Waals surface area (Å²) in [6, 6.07) is 15.0. The maximum atomic E-state index is 11.8. The molecule has 0 aliphatic rings. The Balaban J connectivity index is 1.78. The molecule has 2 aromatic rings. The standard InChI is InChI=1S/C20H22N2O3/c1-3-12-24-19-7-5-6-17(13-19)14-21-22-20(23)15-25-18-10-8-16(4-2)9-11-18/h3,5-11,13-14H,1,4,12,15H2,2H3,(H,22,23)/b21-14-. The molecular formula is C20H22N2O3. The Morgan fingerprint density at radius 1 is 1.16 bits per heavy atom. The highest BCUT2D eigenvalue weighted by atomic mass is 16.5. The molecule has 5 heteroatoms. The highest BCUT2D eigenvalue weighted by molar-refractivity contribution is 5.83. The first-order valence-corrected chi connectivity index (χ1v) is 8.08. The third-order valence-corrected chi connectivity index (χ3v) is 3.33. The maximum Gasteiger partial charge on any atom is 0.277 e. The number of amides is 1. The minimum atomic E-state index is -0.324. The molecule has 0 saturated carbocycles. The summed E-state index contributed by atoms with van der Waals surface area (Å²) in [6.07, 6.45) is 4.20. The van der Waals surface area contributed by atoms with Gasteiger partial charge in [-0.3, -0.25) is 4.79 Å². The number of carbonyl (C=O) groups excluding carboxylic acids is 1. The first kappa shape index (κ1) is 18.3. The van der Waals surface area contributed by atoms with Crippen LogP contribution in [0.4, 0.5) is 0 Å². The van der Waals surface area contributed by atoms with E-state index in [1.165, 1.54) is 5.56 Å². The number of hydrazone groups is 1. The van der Waals surface area contributed by atoms with Gasteiger partial charge in [0.15, 0.2) is 6.61 Å². The molecular weight excluding hydrogens is 316 g/mol. The molecule has 0 atom stereocenters. The van der Waals surface area contributed by atoms with Gasteiger partial charge in [0, 0.05) is 0 Å². The van der Waals surface area contributed by atoms with E-state index in [4.69, 9.17) is 9.47 Å². The predicted molar refractivity (Wildman–Crippen MR) is 99.2 cm³/mol. The highest BCUT2D eigenvalue weighted by Crippen LogP contribution is 2.13. The van der Waals surface area contributed by atoms with Gasteiger partial charge >= 0.3 is 0 Å². The normalized spacial score (nSPS) is 10.4. The van der Waals surface area contributed by atoms with Crippen LogP contribution in [-0.2, 0) is 11.2 Å². The lowest BCUT2D eigenvalue weighted by Gasteiger charge is -2.06. The zero-order valence-corrected chi connectivity index (χ0v) is 14.3. The number of nitrogens with zero attached hydrogens (tertiary/aromatic N) is 1. The van der Waals surface area contributed by atoms with Crippen LogP contribution in [-0.4, -0.2) is 25.3 Å². The summed E-state index contributed by atoms with van der Waals surface area (Å²) < 4.78 is 10.9. The van der Waals surface area contributed by atoms with E-state index in [2.05, 4.69) is 24.0 Å². The fourth-order valence-electron chi connectivity index (χ4n) is 2.02. The van der Waals surface area contributed by atoms with E-state index in [1.807, 2.05) is 48.5 Å². The van der Waals surface area contributed by atoms with Crippen LogP contribution in [0.25, 0.3) is 0 Å². The number of carbonyl (C=O) groups is 1. The summed E-state index contributed by atoms with van der Waals surface area (Å²) in [4.78, 5) is 11.8. The molecule has 5 nitrogen and oxygen atoms in total. The molecule has 0 aliphatic carbocycles. The van der Waals surface area contributed by atoms with Gasteiger partial charge in [0.25, 0.3) is 5.91 Å². The zero-order valence-electron chi connectivity index (χ0n) is 14.3. The van der Waals surface area contributed by atoms with Gasteiger partial charge in [0.05, 0.1) is 6.21 Å². The van der Waals surface area contributed by atoms with Crippen molar-refractivity contribution in [2.24, 2.45) is 5.10 Å². The minimum Gasteiger partial charge on any atom is -0.490 e. The average molecular weight is 338 g/mol. The van der Waals surface area contributed by atoms with Crippen LogP contribution in [0.3, 0.4) is 0 Å². The lowest BCUT2D eigenvalue weighted by atomic mass is 10.2. The summed E-state index contributed by atoms with van der Waals surface area (Å²) in [5, 5.41) is 3.92. The van der Waals surface area contributed by atoms with Gasteiger partial charge in [-0.15, -0.1) is 0 Å². The van der Waals surface area contributed by atoms with Crippen molar-refractivity contribution in [1.82, 2.24) is 5.43 Å². The number of hydrogen-bond donors (Lipinski definition) is 1. The lowest BCUT2D eigenvalue weighted by Crippen LogP contribution is -2.24. The van der Waals surface area contributed by atoms with Crippen molar-refractivity contribution < 1.29 is 14.3 Å². The minimum absolute atomic E-state index is 0.0920. The Morgan fingerprint density at radius 2 is 1.96 bits per heavy atom. The maximum absolute atomic E-state index is 11.8. The Morgan fingerprint density at radius 3 is 2.68 bits per heavy atom. The van der Waals surface area contributed by atoms with Crippen molar-refractivity contribution in [2.75, 3.05) is 13.2 Å². The molecule has 0 saturated heterocycles. The van der Waals surface area contributed by atoms with Gasteiger partial charge in [-0.2, -0.15) is 5.10 Å². The summed E-state index contributed by atoms with van der Waals surface area (Å²) in [5.41, 5.74) is 4.48. The van der Waals surface area contributed by atoms with Crippen molar-refractivity contribution >= 4 is 12.1 Å². The monoisotopic (exact) mass is 338 g/mol. The molecule has 0 spiro atoms. The molecule has 1 N–H and O–H groups in total. The summed E-state index contributed by atoms with van der Waals surface area (Å²) in [7, 11) is 0. The molecule has 0 fully saturated rings. The van der Waals surface area contributed by atoms with Crippen molar-refractivity contribution in [3.63, 3.8) is 0 Å². The third-order valence-electron chi connectivity index (χ3n) is 3.33. The molecule has 25 heavy (non-hydrogen) atoms. The zero-order chi connectivity index (χ0) is 17.9. The molecule has 0 unspecified atom stereocenters. The second-order valence-electron chi connectivity index (χ2n) is 5.25. The largest absolute Gasteiger partial charge is 0.490 e. The van der Waals surface area contributed by atoms with Gasteiger partial charge in [-0.1, -0.05) is 43.8 Å². The summed E-state index contributed by atoms with van der Waals surface area (Å²) in [5.74, 6) is 1.05. The molecule has 0 bridgehead atoms. The number of rotatable bonds is 9.